The van der Waals surface area contributed by atoms with Crippen molar-refractivity contribution in [2.24, 2.45) is 5.73 Å². The van der Waals surface area contributed by atoms with Gasteiger partial charge >= 0.3 is 6.09 Å². The number of rotatable bonds is 2. The summed E-state index contributed by atoms with van der Waals surface area (Å²) < 4.78 is 4.77. The van der Waals surface area contributed by atoms with Gasteiger partial charge in [-0.3, -0.25) is 9.69 Å². The molecule has 0 radical (unpaired) electrons. The highest BCUT2D eigenvalue weighted by Gasteiger charge is 2.33. The molecule has 13 heavy (non-hydrogen) atoms. The van der Waals surface area contributed by atoms with E-state index in [2.05, 4.69) is 0 Å². The molecule has 2 amide bonds. The lowest BCUT2D eigenvalue weighted by molar-refractivity contribution is -0.121. The highest BCUT2D eigenvalue weighted by atomic mass is 32.2. The minimum atomic E-state index is -0.510. The summed E-state index contributed by atoms with van der Waals surface area (Å²) in [5, 5.41) is 0. The summed E-state index contributed by atoms with van der Waals surface area (Å²) in [4.78, 5) is 23.5. The van der Waals surface area contributed by atoms with Gasteiger partial charge in [-0.15, -0.1) is 11.8 Å². The van der Waals surface area contributed by atoms with Gasteiger partial charge in [-0.05, 0) is 6.92 Å². The molecule has 1 fully saturated rings. The predicted octanol–water partition coefficient (Wildman–Crippen LogP) is 0.00310. The molecule has 0 aliphatic carbocycles. The predicted molar refractivity (Wildman–Crippen MR) is 49.2 cm³/mol. The molecule has 1 aliphatic rings. The summed E-state index contributed by atoms with van der Waals surface area (Å²) in [7, 11) is 0. The lowest BCUT2D eigenvalue weighted by Crippen LogP contribution is -2.45. The van der Waals surface area contributed by atoms with Crippen LogP contribution >= 0.6 is 11.8 Å². The molecule has 1 unspecified atom stereocenters. The minimum Gasteiger partial charge on any atom is -0.450 e. The molecule has 0 aromatic carbocycles. The Bertz CT molecular complexity index is 222. The lowest BCUT2D eigenvalue weighted by atomic mass is 10.3. The van der Waals surface area contributed by atoms with Gasteiger partial charge < -0.3 is 10.5 Å². The van der Waals surface area contributed by atoms with Crippen LogP contribution in [0.25, 0.3) is 0 Å². The Morgan fingerprint density at radius 3 is 2.92 bits per heavy atom. The third kappa shape index (κ3) is 2.27. The normalized spacial score (nSPS) is 21.6. The van der Waals surface area contributed by atoms with E-state index in [0.717, 1.165) is 0 Å². The van der Waals surface area contributed by atoms with Crippen LogP contribution in [0.5, 0.6) is 0 Å². The minimum absolute atomic E-state index is 0.311. The summed E-state index contributed by atoms with van der Waals surface area (Å²) in [6.07, 6.45) is -0.462. The quantitative estimate of drug-likeness (QED) is 0.687. The standard InChI is InChI=1S/C7H12N2O3S/c1-2-12-7(11)9-4-13-3-5(9)6(8)10/h5H,2-4H2,1H3,(H2,8,10). The van der Waals surface area contributed by atoms with Crippen LogP contribution in [0.2, 0.25) is 0 Å². The van der Waals surface area contributed by atoms with Crippen molar-refractivity contribution >= 4 is 23.8 Å². The fourth-order valence-electron chi connectivity index (χ4n) is 1.06. The smallest absolute Gasteiger partial charge is 0.411 e. The zero-order valence-electron chi connectivity index (χ0n) is 7.36. The van der Waals surface area contributed by atoms with E-state index in [1.807, 2.05) is 0 Å². The molecule has 1 saturated heterocycles. The Balaban J connectivity index is 2.57. The maximum Gasteiger partial charge on any atom is 0.411 e. The van der Waals surface area contributed by atoms with Crippen LogP contribution in [0.3, 0.4) is 0 Å². The maximum absolute atomic E-state index is 11.2. The first-order valence-corrected chi connectivity index (χ1v) is 5.12. The molecule has 1 atom stereocenters. The van der Waals surface area contributed by atoms with E-state index in [1.165, 1.54) is 16.7 Å². The first-order valence-electron chi connectivity index (χ1n) is 3.97. The van der Waals surface area contributed by atoms with E-state index >= 15 is 0 Å². The molecule has 0 aromatic rings. The summed E-state index contributed by atoms with van der Waals surface area (Å²) in [5.74, 6) is 0.568. The number of hydrogen-bond acceptors (Lipinski definition) is 4. The van der Waals surface area contributed by atoms with Crippen molar-refractivity contribution < 1.29 is 14.3 Å². The SMILES string of the molecule is CCOC(=O)N1CSCC1C(N)=O. The topological polar surface area (TPSA) is 72.6 Å². The largest absolute Gasteiger partial charge is 0.450 e. The first kappa shape index (κ1) is 10.2. The van der Waals surface area contributed by atoms with Crippen molar-refractivity contribution in [3.05, 3.63) is 0 Å². The molecule has 74 valence electrons. The summed E-state index contributed by atoms with van der Waals surface area (Å²) in [6, 6.07) is -0.510. The van der Waals surface area contributed by atoms with Gasteiger partial charge in [0, 0.05) is 5.75 Å². The molecule has 0 bridgehead atoms. The van der Waals surface area contributed by atoms with Gasteiger partial charge in [0.2, 0.25) is 5.91 Å². The van der Waals surface area contributed by atoms with E-state index in [-0.39, 0.29) is 0 Å². The average molecular weight is 204 g/mol. The molecule has 0 saturated carbocycles. The van der Waals surface area contributed by atoms with Gasteiger partial charge in [0.1, 0.15) is 6.04 Å². The highest BCUT2D eigenvalue weighted by molar-refractivity contribution is 7.99. The fourth-order valence-corrected chi connectivity index (χ4v) is 2.22. The Hall–Kier alpha value is -0.910. The Kier molecular flexibility index (Phi) is 3.41. The van der Waals surface area contributed by atoms with Gasteiger partial charge in [0.15, 0.2) is 0 Å². The Morgan fingerprint density at radius 2 is 2.38 bits per heavy atom. The molecule has 6 heteroatoms. The number of amides is 2. The number of nitrogens with zero attached hydrogens (tertiary/aromatic N) is 1. The average Bonchev–Trinajstić information content (AvgIpc) is 2.52. The van der Waals surface area contributed by atoms with Gasteiger partial charge in [-0.2, -0.15) is 0 Å². The van der Waals surface area contributed by atoms with E-state index < -0.39 is 18.0 Å². The van der Waals surface area contributed by atoms with Crippen molar-refractivity contribution in [1.82, 2.24) is 4.90 Å². The second-order valence-corrected chi connectivity index (χ2v) is 3.59. The molecule has 1 heterocycles. The van der Waals surface area contributed by atoms with E-state index in [4.69, 9.17) is 10.5 Å². The summed E-state index contributed by atoms with van der Waals surface area (Å²) in [6.45, 7) is 2.03. The van der Waals surface area contributed by atoms with Crippen molar-refractivity contribution in [2.75, 3.05) is 18.2 Å². The van der Waals surface area contributed by atoms with E-state index in [0.29, 0.717) is 18.2 Å². The van der Waals surface area contributed by atoms with Gasteiger partial charge in [0.05, 0.1) is 12.5 Å². The lowest BCUT2D eigenvalue weighted by Gasteiger charge is -2.19. The van der Waals surface area contributed by atoms with Crippen LogP contribution < -0.4 is 5.73 Å². The molecule has 2 N–H and O–H groups in total. The zero-order valence-corrected chi connectivity index (χ0v) is 8.17. The third-order valence-electron chi connectivity index (χ3n) is 1.71. The molecule has 0 spiro atoms. The van der Waals surface area contributed by atoms with Gasteiger partial charge in [0.25, 0.3) is 0 Å². The molecule has 0 aromatic heterocycles. The Labute approximate surface area is 80.6 Å². The van der Waals surface area contributed by atoms with E-state index in [9.17, 15) is 9.59 Å². The molecule has 1 aliphatic heterocycles. The van der Waals surface area contributed by atoms with Crippen LogP contribution in [0, 0.1) is 0 Å². The van der Waals surface area contributed by atoms with Crippen molar-refractivity contribution in [3.8, 4) is 0 Å². The summed E-state index contributed by atoms with van der Waals surface area (Å²) >= 11 is 1.50. The van der Waals surface area contributed by atoms with Crippen LogP contribution in [-0.4, -0.2) is 41.2 Å². The van der Waals surface area contributed by atoms with Crippen molar-refractivity contribution in [2.45, 2.75) is 13.0 Å². The van der Waals surface area contributed by atoms with Crippen LogP contribution in [0.15, 0.2) is 0 Å². The van der Waals surface area contributed by atoms with Crippen LogP contribution in [0.4, 0.5) is 4.79 Å². The zero-order chi connectivity index (χ0) is 9.84. The first-order chi connectivity index (χ1) is 6.16. The fraction of sp³-hybridized carbons (Fsp3) is 0.714. The number of carbonyl (C=O) groups excluding carboxylic acids is 2. The Morgan fingerprint density at radius 1 is 1.69 bits per heavy atom. The van der Waals surface area contributed by atoms with Crippen LogP contribution in [0.1, 0.15) is 6.92 Å². The number of nitrogens with two attached hydrogens (primary N) is 1. The number of ether oxygens (including phenoxy) is 1. The number of primary amides is 1. The second kappa shape index (κ2) is 4.36. The summed E-state index contributed by atoms with van der Waals surface area (Å²) in [5.41, 5.74) is 5.12. The van der Waals surface area contributed by atoms with Crippen LogP contribution in [-0.2, 0) is 9.53 Å². The molecule has 1 rings (SSSR count). The molecular formula is C7H12N2O3S. The van der Waals surface area contributed by atoms with Gasteiger partial charge in [-0.25, -0.2) is 4.79 Å². The second-order valence-electron chi connectivity index (χ2n) is 2.59. The molecule has 5 nitrogen and oxygen atoms in total. The van der Waals surface area contributed by atoms with Gasteiger partial charge in [-0.1, -0.05) is 0 Å². The number of carbonyl (C=O) groups is 2. The monoisotopic (exact) mass is 204 g/mol. The number of thioether (sulfide) groups is 1. The molecular weight excluding hydrogens is 192 g/mol. The maximum atomic E-state index is 11.2. The highest BCUT2D eigenvalue weighted by Crippen LogP contribution is 2.21. The van der Waals surface area contributed by atoms with E-state index in [1.54, 1.807) is 6.92 Å². The number of hydrogen-bond donors (Lipinski definition) is 1. The van der Waals surface area contributed by atoms with Crippen molar-refractivity contribution in [3.63, 3.8) is 0 Å². The van der Waals surface area contributed by atoms with Crippen molar-refractivity contribution in [1.29, 1.82) is 0 Å². The third-order valence-corrected chi connectivity index (χ3v) is 2.73.